The van der Waals surface area contributed by atoms with E-state index in [0.717, 1.165) is 42.7 Å². The Hall–Kier alpha value is -3.34. The number of aromatic nitrogens is 1. The lowest BCUT2D eigenvalue weighted by molar-refractivity contribution is -0.126. The number of carbonyl (C=O) groups excluding carboxylic acids is 2. The van der Waals surface area contributed by atoms with E-state index in [1.54, 1.807) is 6.08 Å². The van der Waals surface area contributed by atoms with Crippen LogP contribution in [0.2, 0.25) is 0 Å². The van der Waals surface area contributed by atoms with Crippen LogP contribution < -0.4 is 4.90 Å². The molecule has 5 heteroatoms. The van der Waals surface area contributed by atoms with Crippen molar-refractivity contribution >= 4 is 34.5 Å². The monoisotopic (exact) mass is 385 g/mol. The van der Waals surface area contributed by atoms with Gasteiger partial charge in [0, 0.05) is 66.4 Å². The van der Waals surface area contributed by atoms with Crippen LogP contribution in [0.25, 0.3) is 17.0 Å². The summed E-state index contributed by atoms with van der Waals surface area (Å²) < 4.78 is 0. The van der Waals surface area contributed by atoms with Gasteiger partial charge in [0.1, 0.15) is 0 Å². The van der Waals surface area contributed by atoms with Gasteiger partial charge in [-0.05, 0) is 36.3 Å². The Balaban J connectivity index is 1.28. The van der Waals surface area contributed by atoms with E-state index in [4.69, 9.17) is 0 Å². The van der Waals surface area contributed by atoms with Crippen LogP contribution in [0, 0.1) is 0 Å². The third kappa shape index (κ3) is 3.33. The molecule has 0 radical (unpaired) electrons. The average Bonchev–Trinajstić information content (AvgIpc) is 3.35. The highest BCUT2D eigenvalue weighted by Gasteiger charge is 2.23. The Kier molecular flexibility index (Phi) is 4.43. The van der Waals surface area contributed by atoms with E-state index < -0.39 is 0 Å². The smallest absolute Gasteiger partial charge is 0.246 e. The molecule has 1 saturated heterocycles. The number of fused-ring (bicyclic) bond motifs is 3. The summed E-state index contributed by atoms with van der Waals surface area (Å²) in [6, 6.07) is 16.1. The van der Waals surface area contributed by atoms with Crippen molar-refractivity contribution in [3.05, 3.63) is 71.4 Å². The van der Waals surface area contributed by atoms with E-state index in [2.05, 4.69) is 17.1 Å². The first-order chi connectivity index (χ1) is 14.2. The molecule has 1 aromatic heterocycles. The lowest BCUT2D eigenvalue weighted by Gasteiger charge is -2.26. The summed E-state index contributed by atoms with van der Waals surface area (Å²) in [7, 11) is 0. The van der Waals surface area contributed by atoms with Crippen LogP contribution in [-0.2, 0) is 22.6 Å². The quantitative estimate of drug-likeness (QED) is 0.696. The number of rotatable bonds is 3. The molecule has 0 unspecified atom stereocenters. The molecule has 1 N–H and O–H groups in total. The van der Waals surface area contributed by atoms with E-state index in [9.17, 15) is 9.59 Å². The largest absolute Gasteiger partial charge is 0.358 e. The van der Waals surface area contributed by atoms with Crippen LogP contribution >= 0.6 is 0 Å². The molecular formula is C24H23N3O2. The first-order valence-corrected chi connectivity index (χ1v) is 10.1. The number of hydrogen-bond donors (Lipinski definition) is 1. The minimum absolute atomic E-state index is 0.0275. The number of benzene rings is 2. The second-order valence-corrected chi connectivity index (χ2v) is 7.71. The molecule has 5 nitrogen and oxygen atoms in total. The summed E-state index contributed by atoms with van der Waals surface area (Å²) >= 11 is 0. The second-order valence-electron chi connectivity index (χ2n) is 7.71. The Morgan fingerprint density at radius 1 is 1.00 bits per heavy atom. The zero-order chi connectivity index (χ0) is 19.8. The second kappa shape index (κ2) is 7.24. The lowest BCUT2D eigenvalue weighted by Crippen LogP contribution is -2.34. The molecule has 0 aliphatic carbocycles. The predicted molar refractivity (Wildman–Crippen MR) is 114 cm³/mol. The van der Waals surface area contributed by atoms with E-state index >= 15 is 0 Å². The zero-order valence-corrected chi connectivity index (χ0v) is 16.2. The van der Waals surface area contributed by atoms with Gasteiger partial charge < -0.3 is 14.8 Å². The number of nitrogens with zero attached hydrogens (tertiary/aromatic N) is 2. The van der Waals surface area contributed by atoms with Gasteiger partial charge in [-0.2, -0.15) is 0 Å². The predicted octanol–water partition coefficient (Wildman–Crippen LogP) is 3.89. The molecule has 3 aromatic rings. The highest BCUT2D eigenvalue weighted by atomic mass is 16.2. The van der Waals surface area contributed by atoms with Gasteiger partial charge in [0.2, 0.25) is 11.8 Å². The summed E-state index contributed by atoms with van der Waals surface area (Å²) in [4.78, 5) is 31.8. The Bertz CT molecular complexity index is 1110. The molecule has 0 bridgehead atoms. The average molecular weight is 385 g/mol. The van der Waals surface area contributed by atoms with Crippen molar-refractivity contribution in [2.75, 3.05) is 18.0 Å². The van der Waals surface area contributed by atoms with Gasteiger partial charge >= 0.3 is 0 Å². The van der Waals surface area contributed by atoms with Crippen molar-refractivity contribution in [2.45, 2.75) is 25.8 Å². The molecule has 1 fully saturated rings. The fourth-order valence-electron chi connectivity index (χ4n) is 4.31. The van der Waals surface area contributed by atoms with Crippen molar-refractivity contribution in [2.24, 2.45) is 0 Å². The number of aromatic amines is 1. The number of hydrogen-bond acceptors (Lipinski definition) is 2. The van der Waals surface area contributed by atoms with Crippen LogP contribution in [0.1, 0.15) is 29.7 Å². The minimum atomic E-state index is 0.0275. The van der Waals surface area contributed by atoms with Gasteiger partial charge in [0.25, 0.3) is 0 Å². The molecular weight excluding hydrogens is 362 g/mol. The molecule has 2 aliphatic rings. The SMILES string of the molecule is O=C(/C=C/c1ccc(N2CCCC2=O)cc1)N1CCc2[nH]c3ccccc3c2C1. The number of anilines is 1. The van der Waals surface area contributed by atoms with Gasteiger partial charge in [-0.25, -0.2) is 0 Å². The van der Waals surface area contributed by atoms with Gasteiger partial charge in [0.15, 0.2) is 0 Å². The van der Waals surface area contributed by atoms with Crippen molar-refractivity contribution in [3.8, 4) is 0 Å². The fourth-order valence-corrected chi connectivity index (χ4v) is 4.31. The molecule has 3 heterocycles. The Morgan fingerprint density at radius 3 is 2.62 bits per heavy atom. The maximum atomic E-state index is 12.7. The first-order valence-electron chi connectivity index (χ1n) is 10.1. The van der Waals surface area contributed by atoms with Gasteiger partial charge in [-0.3, -0.25) is 9.59 Å². The van der Waals surface area contributed by atoms with Crippen LogP contribution in [0.15, 0.2) is 54.6 Å². The molecule has 2 amide bonds. The summed E-state index contributed by atoms with van der Waals surface area (Å²) in [5, 5.41) is 1.20. The molecule has 5 rings (SSSR count). The standard InChI is InChI=1S/C24H23N3O2/c28-23(12-9-17-7-10-18(11-8-17)27-14-3-6-24(27)29)26-15-13-22-20(16-26)19-4-1-2-5-21(19)25-22/h1-2,4-5,7-12,25H,3,6,13-16H2/b12-9+. The van der Waals surface area contributed by atoms with Crippen molar-refractivity contribution in [1.29, 1.82) is 0 Å². The number of amides is 2. The third-order valence-corrected chi connectivity index (χ3v) is 5.89. The number of carbonyl (C=O) groups is 2. The van der Waals surface area contributed by atoms with Crippen LogP contribution in [0.4, 0.5) is 5.69 Å². The molecule has 146 valence electrons. The lowest BCUT2D eigenvalue weighted by atomic mass is 10.0. The molecule has 0 saturated carbocycles. The number of nitrogens with one attached hydrogen (secondary N) is 1. The number of H-pyrrole nitrogens is 1. The van der Waals surface area contributed by atoms with Crippen LogP contribution in [0.3, 0.4) is 0 Å². The number of para-hydroxylation sites is 1. The van der Waals surface area contributed by atoms with E-state index in [0.29, 0.717) is 13.0 Å². The summed E-state index contributed by atoms with van der Waals surface area (Å²) in [6.45, 7) is 2.15. The summed E-state index contributed by atoms with van der Waals surface area (Å²) in [6.07, 6.45) is 5.90. The topological polar surface area (TPSA) is 56.4 Å². The van der Waals surface area contributed by atoms with E-state index in [1.165, 1.54) is 16.6 Å². The first kappa shape index (κ1) is 17.7. The summed E-state index contributed by atoms with van der Waals surface area (Å²) in [5.41, 5.74) is 5.50. The van der Waals surface area contributed by atoms with Gasteiger partial charge in [0.05, 0.1) is 0 Å². The normalized spacial score (nSPS) is 16.8. The fraction of sp³-hybridized carbons (Fsp3) is 0.250. The highest BCUT2D eigenvalue weighted by molar-refractivity contribution is 5.96. The van der Waals surface area contributed by atoms with E-state index in [-0.39, 0.29) is 11.8 Å². The Morgan fingerprint density at radius 2 is 1.83 bits per heavy atom. The molecule has 0 atom stereocenters. The zero-order valence-electron chi connectivity index (χ0n) is 16.2. The highest BCUT2D eigenvalue weighted by Crippen LogP contribution is 2.28. The van der Waals surface area contributed by atoms with Crippen molar-refractivity contribution in [1.82, 2.24) is 9.88 Å². The molecule has 2 aliphatic heterocycles. The maximum absolute atomic E-state index is 12.7. The maximum Gasteiger partial charge on any atom is 0.246 e. The molecule has 29 heavy (non-hydrogen) atoms. The summed E-state index contributed by atoms with van der Waals surface area (Å²) in [5.74, 6) is 0.213. The van der Waals surface area contributed by atoms with Gasteiger partial charge in [-0.15, -0.1) is 0 Å². The van der Waals surface area contributed by atoms with Gasteiger partial charge in [-0.1, -0.05) is 30.3 Å². The van der Waals surface area contributed by atoms with E-state index in [1.807, 2.05) is 52.3 Å². The van der Waals surface area contributed by atoms with Crippen LogP contribution in [-0.4, -0.2) is 34.8 Å². The van der Waals surface area contributed by atoms with Crippen molar-refractivity contribution in [3.63, 3.8) is 0 Å². The molecule has 0 spiro atoms. The van der Waals surface area contributed by atoms with Crippen molar-refractivity contribution < 1.29 is 9.59 Å². The Labute approximate surface area is 169 Å². The van der Waals surface area contributed by atoms with Crippen LogP contribution in [0.5, 0.6) is 0 Å². The minimum Gasteiger partial charge on any atom is -0.358 e. The molecule has 2 aromatic carbocycles. The third-order valence-electron chi connectivity index (χ3n) is 5.89.